The molecule has 0 spiro atoms. The minimum absolute atomic E-state index is 0.194. The topological polar surface area (TPSA) is 64.1 Å². The van der Waals surface area contributed by atoms with Crippen LogP contribution in [0.3, 0.4) is 0 Å². The number of rotatable bonds is 4. The maximum absolute atomic E-state index is 12.5. The molecule has 2 aromatic rings. The van der Waals surface area contributed by atoms with Crippen LogP contribution in [0.4, 0.5) is 0 Å². The average Bonchev–Trinajstić information content (AvgIpc) is 3.05. The van der Waals surface area contributed by atoms with Crippen LogP contribution in [-0.2, 0) is 5.54 Å². The van der Waals surface area contributed by atoms with Gasteiger partial charge in [0.2, 0.25) is 0 Å². The number of nitrogens with one attached hydrogen (secondary N) is 1. The van der Waals surface area contributed by atoms with Crippen molar-refractivity contribution in [3.05, 3.63) is 54.1 Å². The molecule has 0 bridgehead atoms. The molecule has 0 unspecified atom stereocenters. The number of carbonyl (C=O) groups is 1. The van der Waals surface area contributed by atoms with Crippen molar-refractivity contribution in [2.45, 2.75) is 31.2 Å². The first-order valence-corrected chi connectivity index (χ1v) is 7.47. The van der Waals surface area contributed by atoms with Crippen molar-refractivity contribution in [1.82, 2.24) is 15.3 Å². The molecular formula is C17H19N3O2. The number of carbonyl (C=O) groups excluding carboxylic acids is 1. The summed E-state index contributed by atoms with van der Waals surface area (Å²) in [6.45, 7) is 0. The number of para-hydroxylation sites is 1. The van der Waals surface area contributed by atoms with Gasteiger partial charge in [-0.15, -0.1) is 0 Å². The second-order valence-electron chi connectivity index (χ2n) is 5.53. The molecule has 22 heavy (non-hydrogen) atoms. The number of aromatic nitrogens is 2. The fraction of sp³-hybridized carbons (Fsp3) is 0.353. The maximum Gasteiger partial charge on any atom is 0.272 e. The SMILES string of the molecule is COc1ccccc1C1(NC(=O)c2cnccn2)CCCC1. The van der Waals surface area contributed by atoms with Crippen LogP contribution >= 0.6 is 0 Å². The number of benzene rings is 1. The van der Waals surface area contributed by atoms with Gasteiger partial charge in [-0.05, 0) is 18.9 Å². The summed E-state index contributed by atoms with van der Waals surface area (Å²) >= 11 is 0. The Morgan fingerprint density at radius 3 is 2.68 bits per heavy atom. The monoisotopic (exact) mass is 297 g/mol. The van der Waals surface area contributed by atoms with Gasteiger partial charge in [0.25, 0.3) is 5.91 Å². The molecule has 1 aromatic carbocycles. The zero-order valence-corrected chi connectivity index (χ0v) is 12.6. The summed E-state index contributed by atoms with van der Waals surface area (Å²) in [5, 5.41) is 3.18. The van der Waals surface area contributed by atoms with Crippen molar-refractivity contribution < 1.29 is 9.53 Å². The van der Waals surface area contributed by atoms with E-state index in [1.54, 1.807) is 13.3 Å². The quantitative estimate of drug-likeness (QED) is 0.942. The number of methoxy groups -OCH3 is 1. The minimum atomic E-state index is -0.388. The predicted molar refractivity (Wildman–Crippen MR) is 82.6 cm³/mol. The average molecular weight is 297 g/mol. The third kappa shape index (κ3) is 2.66. The Hall–Kier alpha value is -2.43. The molecule has 0 atom stereocenters. The Bertz CT molecular complexity index is 652. The van der Waals surface area contributed by atoms with Gasteiger partial charge in [-0.1, -0.05) is 31.0 Å². The van der Waals surface area contributed by atoms with E-state index in [-0.39, 0.29) is 11.4 Å². The van der Waals surface area contributed by atoms with Crippen LogP contribution in [0.15, 0.2) is 42.9 Å². The number of amides is 1. The molecule has 0 aliphatic heterocycles. The van der Waals surface area contributed by atoms with Gasteiger partial charge in [0, 0.05) is 18.0 Å². The Balaban J connectivity index is 1.94. The standard InChI is InChI=1S/C17H19N3O2/c1-22-15-7-3-2-6-13(15)17(8-4-5-9-17)20-16(21)14-12-18-10-11-19-14/h2-3,6-7,10-12H,4-5,8-9H2,1H3,(H,20,21). The van der Waals surface area contributed by atoms with Gasteiger partial charge in [0.15, 0.2) is 0 Å². The van der Waals surface area contributed by atoms with Crippen molar-refractivity contribution in [3.63, 3.8) is 0 Å². The molecule has 1 aromatic heterocycles. The van der Waals surface area contributed by atoms with E-state index in [0.29, 0.717) is 5.69 Å². The molecular weight excluding hydrogens is 278 g/mol. The summed E-state index contributed by atoms with van der Waals surface area (Å²) in [7, 11) is 1.66. The molecule has 1 aliphatic carbocycles. The van der Waals surface area contributed by atoms with Gasteiger partial charge in [-0.25, -0.2) is 4.98 Å². The number of ether oxygens (including phenoxy) is 1. The normalized spacial score (nSPS) is 16.2. The largest absolute Gasteiger partial charge is 0.496 e. The van der Waals surface area contributed by atoms with E-state index >= 15 is 0 Å². The van der Waals surface area contributed by atoms with E-state index < -0.39 is 0 Å². The first kappa shape index (κ1) is 14.5. The second-order valence-corrected chi connectivity index (χ2v) is 5.53. The Morgan fingerprint density at radius 1 is 1.23 bits per heavy atom. The van der Waals surface area contributed by atoms with Crippen molar-refractivity contribution in [2.75, 3.05) is 7.11 Å². The Kier molecular flexibility index (Phi) is 4.04. The van der Waals surface area contributed by atoms with Gasteiger partial charge in [-0.3, -0.25) is 9.78 Å². The highest BCUT2D eigenvalue weighted by atomic mass is 16.5. The van der Waals surface area contributed by atoms with Crippen LogP contribution in [0.25, 0.3) is 0 Å². The van der Waals surface area contributed by atoms with E-state index in [1.165, 1.54) is 12.4 Å². The van der Waals surface area contributed by atoms with Crippen molar-refractivity contribution in [3.8, 4) is 5.75 Å². The number of hydrogen-bond acceptors (Lipinski definition) is 4. The van der Waals surface area contributed by atoms with E-state index in [4.69, 9.17) is 4.74 Å². The summed E-state index contributed by atoms with van der Waals surface area (Å²) in [5.41, 5.74) is 0.984. The highest BCUT2D eigenvalue weighted by molar-refractivity contribution is 5.92. The third-order valence-corrected chi connectivity index (χ3v) is 4.23. The Morgan fingerprint density at radius 2 is 2.00 bits per heavy atom. The van der Waals surface area contributed by atoms with Crippen molar-refractivity contribution >= 4 is 5.91 Å². The Labute approximate surface area is 129 Å². The molecule has 114 valence electrons. The fourth-order valence-corrected chi connectivity index (χ4v) is 3.18. The van der Waals surface area contributed by atoms with Crippen LogP contribution in [0.1, 0.15) is 41.7 Å². The highest BCUT2D eigenvalue weighted by Crippen LogP contribution is 2.42. The summed E-state index contributed by atoms with van der Waals surface area (Å²) < 4.78 is 5.49. The van der Waals surface area contributed by atoms with Crippen molar-refractivity contribution in [1.29, 1.82) is 0 Å². The molecule has 5 nitrogen and oxygen atoms in total. The zero-order chi connectivity index (χ0) is 15.4. The van der Waals surface area contributed by atoms with Crippen LogP contribution < -0.4 is 10.1 Å². The fourth-order valence-electron chi connectivity index (χ4n) is 3.18. The third-order valence-electron chi connectivity index (χ3n) is 4.23. The van der Waals surface area contributed by atoms with E-state index in [9.17, 15) is 4.79 Å². The van der Waals surface area contributed by atoms with Gasteiger partial charge in [0.05, 0.1) is 18.8 Å². The van der Waals surface area contributed by atoms with Gasteiger partial charge >= 0.3 is 0 Å². The molecule has 1 fully saturated rings. The van der Waals surface area contributed by atoms with Crippen LogP contribution in [0.5, 0.6) is 5.75 Å². The lowest BCUT2D eigenvalue weighted by Gasteiger charge is -2.32. The first-order valence-electron chi connectivity index (χ1n) is 7.47. The maximum atomic E-state index is 12.5. The second kappa shape index (κ2) is 6.13. The predicted octanol–water partition coefficient (Wildman–Crippen LogP) is 2.68. The van der Waals surface area contributed by atoms with Crippen molar-refractivity contribution in [2.24, 2.45) is 0 Å². The lowest BCUT2D eigenvalue weighted by molar-refractivity contribution is 0.0891. The lowest BCUT2D eigenvalue weighted by Crippen LogP contribution is -2.44. The molecule has 1 heterocycles. The zero-order valence-electron chi connectivity index (χ0n) is 12.6. The molecule has 0 radical (unpaired) electrons. The molecule has 3 rings (SSSR count). The van der Waals surface area contributed by atoms with E-state index in [2.05, 4.69) is 15.3 Å². The molecule has 0 saturated heterocycles. The molecule has 1 saturated carbocycles. The summed E-state index contributed by atoms with van der Waals surface area (Å²) in [5.74, 6) is 0.616. The first-order chi connectivity index (χ1) is 10.7. The molecule has 5 heteroatoms. The number of hydrogen-bond donors (Lipinski definition) is 1. The van der Waals surface area contributed by atoms with E-state index in [1.807, 2.05) is 24.3 Å². The van der Waals surface area contributed by atoms with Gasteiger partial charge < -0.3 is 10.1 Å². The molecule has 1 amide bonds. The molecule has 1 N–H and O–H groups in total. The van der Waals surface area contributed by atoms with Crippen LogP contribution in [-0.4, -0.2) is 23.0 Å². The smallest absolute Gasteiger partial charge is 0.272 e. The van der Waals surface area contributed by atoms with Crippen LogP contribution in [0, 0.1) is 0 Å². The lowest BCUT2D eigenvalue weighted by atomic mass is 9.87. The minimum Gasteiger partial charge on any atom is -0.496 e. The summed E-state index contributed by atoms with van der Waals surface area (Å²) in [4.78, 5) is 20.6. The van der Waals surface area contributed by atoms with Gasteiger partial charge in [-0.2, -0.15) is 0 Å². The molecule has 1 aliphatic rings. The highest BCUT2D eigenvalue weighted by Gasteiger charge is 2.39. The summed E-state index contributed by atoms with van der Waals surface area (Å²) in [6, 6.07) is 7.88. The van der Waals surface area contributed by atoms with Crippen LogP contribution in [0.2, 0.25) is 0 Å². The number of nitrogens with zero attached hydrogens (tertiary/aromatic N) is 2. The summed E-state index contributed by atoms with van der Waals surface area (Å²) in [6.07, 6.45) is 8.54. The van der Waals surface area contributed by atoms with E-state index in [0.717, 1.165) is 37.0 Å². The van der Waals surface area contributed by atoms with Gasteiger partial charge in [0.1, 0.15) is 11.4 Å².